The number of nitrogens with zero attached hydrogens (tertiary/aromatic N) is 1. The van der Waals surface area contributed by atoms with E-state index in [1.165, 1.54) is 18.2 Å². The lowest BCUT2D eigenvalue weighted by Gasteiger charge is -2.35. The van der Waals surface area contributed by atoms with Crippen molar-refractivity contribution in [2.45, 2.75) is 26.1 Å². The lowest BCUT2D eigenvalue weighted by atomic mass is 10.2. The molecule has 1 aromatic rings. The van der Waals surface area contributed by atoms with Gasteiger partial charge in [-0.1, -0.05) is 12.1 Å². The van der Waals surface area contributed by atoms with E-state index in [2.05, 4.69) is 5.32 Å². The van der Waals surface area contributed by atoms with Gasteiger partial charge in [0.1, 0.15) is 5.82 Å². The number of hydrogen-bond acceptors (Lipinski definition) is 3. The maximum absolute atomic E-state index is 13.4. The number of hydrogen-bond donors (Lipinski definition) is 1. The molecule has 1 N–H and O–H groups in total. The van der Waals surface area contributed by atoms with Crippen LogP contribution in [0.4, 0.5) is 4.39 Å². The highest BCUT2D eigenvalue weighted by Gasteiger charge is 2.26. The van der Waals surface area contributed by atoms with Crippen molar-refractivity contribution < 1.29 is 18.7 Å². The Balaban J connectivity index is 1.89. The van der Waals surface area contributed by atoms with Gasteiger partial charge in [-0.25, -0.2) is 4.39 Å². The number of carbonyl (C=O) groups excluding carboxylic acids is 2. The number of nitrogens with one attached hydrogen (secondary N) is 1. The Morgan fingerprint density at radius 1 is 1.29 bits per heavy atom. The minimum atomic E-state index is -0.601. The van der Waals surface area contributed by atoms with Crippen molar-refractivity contribution in [1.29, 1.82) is 0 Å². The molecular formula is C15H19FN2O3. The van der Waals surface area contributed by atoms with Gasteiger partial charge < -0.3 is 15.0 Å². The zero-order chi connectivity index (χ0) is 15.4. The van der Waals surface area contributed by atoms with E-state index in [1.54, 1.807) is 11.0 Å². The Morgan fingerprint density at radius 2 is 1.90 bits per heavy atom. The summed E-state index contributed by atoms with van der Waals surface area (Å²) >= 11 is 0. The molecule has 2 atom stereocenters. The number of ether oxygens (including phenoxy) is 1. The van der Waals surface area contributed by atoms with Crippen molar-refractivity contribution in [3.05, 3.63) is 35.6 Å². The highest BCUT2D eigenvalue weighted by Crippen LogP contribution is 2.10. The van der Waals surface area contributed by atoms with E-state index >= 15 is 0 Å². The molecule has 1 aromatic carbocycles. The third-order valence-corrected chi connectivity index (χ3v) is 3.29. The molecule has 0 aliphatic carbocycles. The molecule has 0 bridgehead atoms. The van der Waals surface area contributed by atoms with Crippen LogP contribution >= 0.6 is 0 Å². The van der Waals surface area contributed by atoms with Crippen molar-refractivity contribution >= 4 is 11.8 Å². The SMILES string of the molecule is CC1CN(C(=O)CNC(=O)c2ccccc2F)CC(C)O1. The molecule has 2 unspecified atom stereocenters. The van der Waals surface area contributed by atoms with E-state index in [0.717, 1.165) is 0 Å². The fourth-order valence-corrected chi connectivity index (χ4v) is 2.39. The van der Waals surface area contributed by atoms with Crippen LogP contribution < -0.4 is 5.32 Å². The molecule has 21 heavy (non-hydrogen) atoms. The molecule has 6 heteroatoms. The Labute approximate surface area is 123 Å². The van der Waals surface area contributed by atoms with E-state index in [0.29, 0.717) is 13.1 Å². The molecule has 2 amide bonds. The lowest BCUT2D eigenvalue weighted by Crippen LogP contribution is -2.51. The smallest absolute Gasteiger partial charge is 0.254 e. The van der Waals surface area contributed by atoms with E-state index in [-0.39, 0.29) is 30.2 Å². The Kier molecular flexibility index (Phi) is 4.90. The first-order valence-corrected chi connectivity index (χ1v) is 6.93. The molecule has 5 nitrogen and oxygen atoms in total. The van der Waals surface area contributed by atoms with Crippen LogP contribution in [0.25, 0.3) is 0 Å². The molecule has 2 rings (SSSR count). The second kappa shape index (κ2) is 6.67. The zero-order valence-electron chi connectivity index (χ0n) is 12.1. The Hall–Kier alpha value is -1.95. The van der Waals surface area contributed by atoms with E-state index < -0.39 is 11.7 Å². The number of benzene rings is 1. The first-order valence-electron chi connectivity index (χ1n) is 6.93. The van der Waals surface area contributed by atoms with Gasteiger partial charge in [-0.05, 0) is 26.0 Å². The summed E-state index contributed by atoms with van der Waals surface area (Å²) in [5, 5.41) is 2.46. The summed E-state index contributed by atoms with van der Waals surface area (Å²) in [5.41, 5.74) is -0.0611. The van der Waals surface area contributed by atoms with Crippen molar-refractivity contribution in [1.82, 2.24) is 10.2 Å². The number of halogens is 1. The van der Waals surface area contributed by atoms with Gasteiger partial charge >= 0.3 is 0 Å². The van der Waals surface area contributed by atoms with Crippen LogP contribution in [0.1, 0.15) is 24.2 Å². The second-order valence-electron chi connectivity index (χ2n) is 5.22. The van der Waals surface area contributed by atoms with E-state index in [4.69, 9.17) is 4.74 Å². The molecule has 1 heterocycles. The topological polar surface area (TPSA) is 58.6 Å². The lowest BCUT2D eigenvalue weighted by molar-refractivity contribution is -0.142. The molecule has 1 aliphatic heterocycles. The van der Waals surface area contributed by atoms with Gasteiger partial charge in [0, 0.05) is 13.1 Å². The number of amides is 2. The molecule has 114 valence electrons. The molecule has 1 fully saturated rings. The molecule has 0 radical (unpaired) electrons. The minimum absolute atomic E-state index is 0.0278. The summed E-state index contributed by atoms with van der Waals surface area (Å²) in [4.78, 5) is 25.6. The zero-order valence-corrected chi connectivity index (χ0v) is 12.1. The fourth-order valence-electron chi connectivity index (χ4n) is 2.39. The van der Waals surface area contributed by atoms with Crippen molar-refractivity contribution in [2.75, 3.05) is 19.6 Å². The quantitative estimate of drug-likeness (QED) is 0.911. The molecule has 0 aromatic heterocycles. The third-order valence-electron chi connectivity index (χ3n) is 3.29. The summed E-state index contributed by atoms with van der Waals surface area (Å²) in [7, 11) is 0. The van der Waals surface area contributed by atoms with Gasteiger partial charge in [-0.3, -0.25) is 9.59 Å². The third kappa shape index (κ3) is 4.01. The summed E-state index contributed by atoms with van der Waals surface area (Å²) < 4.78 is 19.0. The highest BCUT2D eigenvalue weighted by molar-refractivity contribution is 5.96. The van der Waals surface area contributed by atoms with Gasteiger partial charge in [0.25, 0.3) is 5.91 Å². The Bertz CT molecular complexity index is 525. The number of morpholine rings is 1. The predicted molar refractivity (Wildman–Crippen MR) is 75.3 cm³/mol. The maximum atomic E-state index is 13.4. The number of carbonyl (C=O) groups is 2. The first kappa shape index (κ1) is 15.4. The number of rotatable bonds is 3. The highest BCUT2D eigenvalue weighted by atomic mass is 19.1. The largest absolute Gasteiger partial charge is 0.372 e. The standard InChI is InChI=1S/C15H19FN2O3/c1-10-8-18(9-11(2)21-10)14(19)7-17-15(20)12-5-3-4-6-13(12)16/h3-6,10-11H,7-9H2,1-2H3,(H,17,20). The van der Waals surface area contributed by atoms with Gasteiger partial charge in [-0.2, -0.15) is 0 Å². The summed E-state index contributed by atoms with van der Waals surface area (Å²) in [6.07, 6.45) is -0.0556. The molecule has 0 spiro atoms. The van der Waals surface area contributed by atoms with Gasteiger partial charge in [0.15, 0.2) is 0 Å². The van der Waals surface area contributed by atoms with Crippen LogP contribution in [0.15, 0.2) is 24.3 Å². The average molecular weight is 294 g/mol. The van der Waals surface area contributed by atoms with Crippen molar-refractivity contribution in [3.8, 4) is 0 Å². The van der Waals surface area contributed by atoms with Gasteiger partial charge in [0.05, 0.1) is 24.3 Å². The first-order chi connectivity index (χ1) is 9.97. The second-order valence-corrected chi connectivity index (χ2v) is 5.22. The summed E-state index contributed by atoms with van der Waals surface area (Å²) in [6.45, 7) is 4.64. The molecule has 1 saturated heterocycles. The van der Waals surface area contributed by atoms with Gasteiger partial charge in [0.2, 0.25) is 5.91 Å². The normalized spacial score (nSPS) is 22.0. The van der Waals surface area contributed by atoms with Crippen LogP contribution in [0.2, 0.25) is 0 Å². The van der Waals surface area contributed by atoms with Crippen LogP contribution in [0.5, 0.6) is 0 Å². The summed E-state index contributed by atoms with van der Waals surface area (Å²) in [5.74, 6) is -1.38. The molecule has 1 aliphatic rings. The average Bonchev–Trinajstić information content (AvgIpc) is 2.43. The van der Waals surface area contributed by atoms with E-state index in [1.807, 2.05) is 13.8 Å². The van der Waals surface area contributed by atoms with Gasteiger partial charge in [-0.15, -0.1) is 0 Å². The van der Waals surface area contributed by atoms with E-state index in [9.17, 15) is 14.0 Å². The van der Waals surface area contributed by atoms with Crippen LogP contribution in [0.3, 0.4) is 0 Å². The maximum Gasteiger partial charge on any atom is 0.254 e. The van der Waals surface area contributed by atoms with Crippen LogP contribution in [-0.2, 0) is 9.53 Å². The predicted octanol–water partition coefficient (Wildman–Crippen LogP) is 1.19. The van der Waals surface area contributed by atoms with Crippen LogP contribution in [0, 0.1) is 5.82 Å². The summed E-state index contributed by atoms with van der Waals surface area (Å²) in [6, 6.07) is 5.68. The Morgan fingerprint density at radius 3 is 2.52 bits per heavy atom. The monoisotopic (exact) mass is 294 g/mol. The van der Waals surface area contributed by atoms with Crippen molar-refractivity contribution in [3.63, 3.8) is 0 Å². The van der Waals surface area contributed by atoms with Crippen LogP contribution in [-0.4, -0.2) is 48.6 Å². The molecular weight excluding hydrogens is 275 g/mol. The minimum Gasteiger partial charge on any atom is -0.372 e. The van der Waals surface area contributed by atoms with Crippen molar-refractivity contribution in [2.24, 2.45) is 0 Å². The molecule has 0 saturated carbocycles. The fraction of sp³-hybridized carbons (Fsp3) is 0.467.